The normalized spacial score (nSPS) is 12.1. The van der Waals surface area contributed by atoms with E-state index in [0.29, 0.717) is 6.54 Å². The Morgan fingerprint density at radius 3 is 2.89 bits per heavy atom. The van der Waals surface area contributed by atoms with Gasteiger partial charge in [0.2, 0.25) is 5.91 Å². The van der Waals surface area contributed by atoms with E-state index in [-0.39, 0.29) is 11.9 Å². The van der Waals surface area contributed by atoms with Crippen LogP contribution in [0.3, 0.4) is 0 Å². The van der Waals surface area contributed by atoms with Crippen molar-refractivity contribution in [2.24, 2.45) is 0 Å². The first kappa shape index (κ1) is 13.2. The number of anilines is 1. The lowest BCUT2D eigenvalue weighted by Gasteiger charge is -2.14. The Kier molecular flexibility index (Phi) is 4.25. The maximum Gasteiger partial charge on any atom is 0.221 e. The molecule has 1 amide bonds. The highest BCUT2D eigenvalue weighted by Crippen LogP contribution is 2.16. The number of aromatic amines is 1. The van der Waals surface area contributed by atoms with Crippen molar-refractivity contribution in [3.63, 3.8) is 0 Å². The lowest BCUT2D eigenvalue weighted by atomic mass is 10.1. The number of amides is 1. The minimum atomic E-state index is -0.0734. The Hall–Kier alpha value is -2.21. The Morgan fingerprint density at radius 2 is 2.21 bits per heavy atom. The quantitative estimate of drug-likeness (QED) is 0.762. The Morgan fingerprint density at radius 1 is 1.42 bits per heavy atom. The molecule has 0 saturated heterocycles. The molecule has 6 nitrogen and oxygen atoms in total. The number of nitrogens with one attached hydrogen (secondary N) is 3. The third-order valence-corrected chi connectivity index (χ3v) is 2.77. The summed E-state index contributed by atoms with van der Waals surface area (Å²) >= 11 is 0. The fraction of sp³-hybridized carbons (Fsp3) is 0.308. The molecular weight excluding hydrogens is 242 g/mol. The van der Waals surface area contributed by atoms with Gasteiger partial charge in [0.05, 0.1) is 6.04 Å². The molecular formula is C13H17N5O. The van der Waals surface area contributed by atoms with Gasteiger partial charge in [0.25, 0.3) is 0 Å². The van der Waals surface area contributed by atoms with Crippen LogP contribution in [0.2, 0.25) is 0 Å². The summed E-state index contributed by atoms with van der Waals surface area (Å²) in [6.07, 6.45) is 1.48. The second-order valence-corrected chi connectivity index (χ2v) is 4.31. The van der Waals surface area contributed by atoms with Crippen LogP contribution in [0.25, 0.3) is 0 Å². The van der Waals surface area contributed by atoms with E-state index in [4.69, 9.17) is 0 Å². The number of H-pyrrole nitrogens is 1. The summed E-state index contributed by atoms with van der Waals surface area (Å²) < 4.78 is 0. The first-order valence-electron chi connectivity index (χ1n) is 6.11. The lowest BCUT2D eigenvalue weighted by Crippen LogP contribution is -2.20. The van der Waals surface area contributed by atoms with Crippen LogP contribution in [-0.4, -0.2) is 21.1 Å². The van der Waals surface area contributed by atoms with Crippen LogP contribution in [0.5, 0.6) is 0 Å². The molecule has 1 heterocycles. The molecule has 1 aromatic carbocycles. The van der Waals surface area contributed by atoms with E-state index in [1.807, 2.05) is 31.2 Å². The van der Waals surface area contributed by atoms with E-state index in [9.17, 15) is 4.79 Å². The van der Waals surface area contributed by atoms with E-state index >= 15 is 0 Å². The minimum Gasteiger partial charge on any atom is -0.326 e. The van der Waals surface area contributed by atoms with Crippen LogP contribution in [0.1, 0.15) is 31.3 Å². The summed E-state index contributed by atoms with van der Waals surface area (Å²) in [6, 6.07) is 7.77. The zero-order valence-corrected chi connectivity index (χ0v) is 11.0. The van der Waals surface area contributed by atoms with E-state index < -0.39 is 0 Å². The highest BCUT2D eigenvalue weighted by Gasteiger charge is 2.09. The second-order valence-electron chi connectivity index (χ2n) is 4.31. The molecule has 100 valence electrons. The number of hydrogen-bond donors (Lipinski definition) is 3. The zero-order chi connectivity index (χ0) is 13.7. The number of aromatic nitrogens is 3. The molecule has 0 fully saturated rings. The Bertz CT molecular complexity index is 538. The van der Waals surface area contributed by atoms with Gasteiger partial charge in [-0.05, 0) is 18.6 Å². The molecule has 19 heavy (non-hydrogen) atoms. The highest BCUT2D eigenvalue weighted by molar-refractivity contribution is 5.89. The lowest BCUT2D eigenvalue weighted by molar-refractivity contribution is -0.114. The summed E-state index contributed by atoms with van der Waals surface area (Å²) in [7, 11) is 0. The topological polar surface area (TPSA) is 82.7 Å². The summed E-state index contributed by atoms with van der Waals surface area (Å²) in [6.45, 7) is 4.14. The molecule has 2 aromatic rings. The van der Waals surface area contributed by atoms with Gasteiger partial charge in [0.1, 0.15) is 12.2 Å². The Balaban J connectivity index is 2.01. The molecule has 0 radical (unpaired) electrons. The highest BCUT2D eigenvalue weighted by atomic mass is 16.1. The number of carbonyl (C=O) groups excluding carboxylic acids is 1. The van der Waals surface area contributed by atoms with E-state index in [1.54, 1.807) is 0 Å². The van der Waals surface area contributed by atoms with Gasteiger partial charge in [-0.3, -0.25) is 9.89 Å². The fourth-order valence-electron chi connectivity index (χ4n) is 1.77. The average molecular weight is 259 g/mol. The molecule has 0 aliphatic carbocycles. The molecule has 1 atom stereocenters. The molecule has 0 aliphatic heterocycles. The van der Waals surface area contributed by atoms with Crippen molar-refractivity contribution < 1.29 is 4.79 Å². The van der Waals surface area contributed by atoms with E-state index in [2.05, 4.69) is 25.8 Å². The Labute approximate surface area is 111 Å². The predicted octanol–water partition coefficient (Wildman–Crippen LogP) is 1.61. The van der Waals surface area contributed by atoms with Gasteiger partial charge in [-0.15, -0.1) is 0 Å². The molecule has 0 aliphatic rings. The summed E-state index contributed by atoms with van der Waals surface area (Å²) in [5.74, 6) is 0.716. The molecule has 1 unspecified atom stereocenters. The molecule has 3 N–H and O–H groups in total. The van der Waals surface area contributed by atoms with Crippen LogP contribution in [-0.2, 0) is 11.3 Å². The van der Waals surface area contributed by atoms with Crippen molar-refractivity contribution in [2.75, 3.05) is 5.32 Å². The van der Waals surface area contributed by atoms with Crippen LogP contribution < -0.4 is 10.6 Å². The van der Waals surface area contributed by atoms with E-state index in [1.165, 1.54) is 13.3 Å². The summed E-state index contributed by atoms with van der Waals surface area (Å²) in [5, 5.41) is 12.8. The number of hydrogen-bond acceptors (Lipinski definition) is 4. The molecule has 0 saturated carbocycles. The van der Waals surface area contributed by atoms with Crippen LogP contribution in [0.15, 0.2) is 30.6 Å². The summed E-state index contributed by atoms with van der Waals surface area (Å²) in [4.78, 5) is 15.2. The van der Waals surface area contributed by atoms with Gasteiger partial charge >= 0.3 is 0 Å². The van der Waals surface area contributed by atoms with Gasteiger partial charge in [0.15, 0.2) is 0 Å². The van der Waals surface area contributed by atoms with Crippen LogP contribution >= 0.6 is 0 Å². The smallest absolute Gasteiger partial charge is 0.221 e. The number of nitrogens with zero attached hydrogens (tertiary/aromatic N) is 2. The van der Waals surface area contributed by atoms with Crippen molar-refractivity contribution in [1.29, 1.82) is 0 Å². The molecule has 6 heteroatoms. The van der Waals surface area contributed by atoms with Crippen LogP contribution in [0.4, 0.5) is 5.69 Å². The summed E-state index contributed by atoms with van der Waals surface area (Å²) in [5.41, 5.74) is 1.86. The SMILES string of the molecule is CC(=O)Nc1ccccc1CNC(C)c1ncn[nH]1. The fourth-order valence-corrected chi connectivity index (χ4v) is 1.77. The molecule has 0 bridgehead atoms. The van der Waals surface area contributed by atoms with Gasteiger partial charge in [-0.2, -0.15) is 5.10 Å². The zero-order valence-electron chi connectivity index (χ0n) is 11.0. The number of rotatable bonds is 5. The van der Waals surface area contributed by atoms with Crippen molar-refractivity contribution >= 4 is 11.6 Å². The molecule has 1 aromatic heterocycles. The average Bonchev–Trinajstić information content (AvgIpc) is 2.90. The van der Waals surface area contributed by atoms with Gasteiger partial charge in [-0.1, -0.05) is 18.2 Å². The number of para-hydroxylation sites is 1. The molecule has 0 spiro atoms. The van der Waals surface area contributed by atoms with Crippen LogP contribution in [0, 0.1) is 0 Å². The first-order chi connectivity index (χ1) is 9.16. The second kappa shape index (κ2) is 6.10. The maximum atomic E-state index is 11.1. The van der Waals surface area contributed by atoms with Crippen molar-refractivity contribution in [3.8, 4) is 0 Å². The standard InChI is InChI=1S/C13H17N5O/c1-9(13-15-8-16-18-13)14-7-11-5-3-4-6-12(11)17-10(2)19/h3-6,8-9,14H,7H2,1-2H3,(H,17,19)(H,15,16,18). The van der Waals surface area contributed by atoms with Crippen molar-refractivity contribution in [1.82, 2.24) is 20.5 Å². The van der Waals surface area contributed by atoms with Gasteiger partial charge in [0, 0.05) is 19.2 Å². The molecule has 2 rings (SSSR count). The van der Waals surface area contributed by atoms with Gasteiger partial charge in [-0.25, -0.2) is 4.98 Å². The van der Waals surface area contributed by atoms with Crippen molar-refractivity contribution in [2.45, 2.75) is 26.4 Å². The maximum absolute atomic E-state index is 11.1. The van der Waals surface area contributed by atoms with E-state index in [0.717, 1.165) is 17.1 Å². The minimum absolute atomic E-state index is 0.0629. The van der Waals surface area contributed by atoms with Gasteiger partial charge < -0.3 is 10.6 Å². The first-order valence-corrected chi connectivity index (χ1v) is 6.11. The largest absolute Gasteiger partial charge is 0.326 e. The third kappa shape index (κ3) is 3.62. The number of benzene rings is 1. The monoisotopic (exact) mass is 259 g/mol. The third-order valence-electron chi connectivity index (χ3n) is 2.77. The van der Waals surface area contributed by atoms with Crippen molar-refractivity contribution in [3.05, 3.63) is 42.0 Å². The predicted molar refractivity (Wildman–Crippen MR) is 72.4 cm³/mol. The number of carbonyl (C=O) groups is 1.